The summed E-state index contributed by atoms with van der Waals surface area (Å²) >= 11 is 0. The fourth-order valence-electron chi connectivity index (χ4n) is 3.96. The van der Waals surface area contributed by atoms with Gasteiger partial charge >= 0.3 is 0 Å². The Hall–Kier alpha value is -1.06. The zero-order valence-corrected chi connectivity index (χ0v) is 13.6. The van der Waals surface area contributed by atoms with Gasteiger partial charge in [0.15, 0.2) is 0 Å². The maximum absolute atomic E-state index is 5.40. The van der Waals surface area contributed by atoms with Crippen LogP contribution in [0.5, 0.6) is 0 Å². The van der Waals surface area contributed by atoms with E-state index < -0.39 is 0 Å². The summed E-state index contributed by atoms with van der Waals surface area (Å²) in [5.41, 5.74) is 2.70. The van der Waals surface area contributed by atoms with Gasteiger partial charge in [0.05, 0.1) is 6.61 Å². The number of hydrogen-bond donors (Lipinski definition) is 0. The molecule has 0 amide bonds. The van der Waals surface area contributed by atoms with Crippen LogP contribution < -0.4 is 4.90 Å². The minimum absolute atomic E-state index is 0.609. The molecule has 21 heavy (non-hydrogen) atoms. The smallest absolute Gasteiger partial charge is 0.0733 e. The molecule has 0 N–H and O–H groups in total. The van der Waals surface area contributed by atoms with Gasteiger partial charge in [-0.15, -0.1) is 0 Å². The summed E-state index contributed by atoms with van der Waals surface area (Å²) in [7, 11) is 1.78. The highest BCUT2D eigenvalue weighted by Gasteiger charge is 2.37. The van der Waals surface area contributed by atoms with Crippen molar-refractivity contribution >= 4 is 5.69 Å². The lowest BCUT2D eigenvalue weighted by molar-refractivity contribution is 0.172. The average Bonchev–Trinajstić information content (AvgIpc) is 2.94. The number of benzene rings is 1. The van der Waals surface area contributed by atoms with Crippen LogP contribution in [-0.4, -0.2) is 43.7 Å². The monoisotopic (exact) mass is 288 g/mol. The van der Waals surface area contributed by atoms with Crippen LogP contribution in [0.15, 0.2) is 24.3 Å². The first-order valence-corrected chi connectivity index (χ1v) is 8.28. The van der Waals surface area contributed by atoms with Crippen molar-refractivity contribution in [2.45, 2.75) is 45.4 Å². The van der Waals surface area contributed by atoms with Crippen molar-refractivity contribution in [3.8, 4) is 0 Å². The minimum Gasteiger partial charge on any atom is -0.380 e. The molecule has 2 aliphatic heterocycles. The van der Waals surface area contributed by atoms with Crippen LogP contribution in [0.1, 0.15) is 32.3 Å². The van der Waals surface area contributed by atoms with Crippen molar-refractivity contribution in [1.82, 2.24) is 4.90 Å². The Balaban J connectivity index is 1.90. The van der Waals surface area contributed by atoms with Crippen LogP contribution in [-0.2, 0) is 11.3 Å². The summed E-state index contributed by atoms with van der Waals surface area (Å²) in [6.07, 6.45) is 2.72. The molecule has 0 bridgehead atoms. The lowest BCUT2D eigenvalue weighted by atomic mass is 9.95. The summed E-state index contributed by atoms with van der Waals surface area (Å²) in [6.45, 7) is 9.08. The quantitative estimate of drug-likeness (QED) is 0.846. The number of hydrogen-bond acceptors (Lipinski definition) is 3. The number of nitrogens with zero attached hydrogens (tertiary/aromatic N) is 2. The van der Waals surface area contributed by atoms with Gasteiger partial charge < -0.3 is 9.64 Å². The molecule has 2 atom stereocenters. The van der Waals surface area contributed by atoms with Crippen molar-refractivity contribution in [3.63, 3.8) is 0 Å². The Morgan fingerprint density at radius 1 is 1.24 bits per heavy atom. The van der Waals surface area contributed by atoms with Gasteiger partial charge in [0.2, 0.25) is 0 Å². The van der Waals surface area contributed by atoms with Gasteiger partial charge in [0.1, 0.15) is 0 Å². The van der Waals surface area contributed by atoms with Gasteiger partial charge in [-0.3, -0.25) is 4.90 Å². The van der Waals surface area contributed by atoms with Crippen LogP contribution in [0.25, 0.3) is 0 Å². The van der Waals surface area contributed by atoms with E-state index >= 15 is 0 Å². The third-order valence-electron chi connectivity index (χ3n) is 5.10. The van der Waals surface area contributed by atoms with Gasteiger partial charge in [-0.25, -0.2) is 0 Å². The van der Waals surface area contributed by atoms with Crippen molar-refractivity contribution < 1.29 is 4.74 Å². The van der Waals surface area contributed by atoms with E-state index in [1.165, 1.54) is 43.7 Å². The minimum atomic E-state index is 0.609. The van der Waals surface area contributed by atoms with E-state index in [1.54, 1.807) is 7.11 Å². The van der Waals surface area contributed by atoms with E-state index in [9.17, 15) is 0 Å². The van der Waals surface area contributed by atoms with E-state index in [0.717, 1.165) is 6.04 Å². The summed E-state index contributed by atoms with van der Waals surface area (Å²) in [4.78, 5) is 5.37. The summed E-state index contributed by atoms with van der Waals surface area (Å²) < 4.78 is 5.40. The molecule has 2 saturated heterocycles. The molecule has 1 aromatic carbocycles. The maximum atomic E-state index is 5.40. The molecule has 116 valence electrons. The lowest BCUT2D eigenvalue weighted by Gasteiger charge is -2.47. The summed E-state index contributed by atoms with van der Waals surface area (Å²) in [6, 6.07) is 10.1. The first kappa shape index (κ1) is 14.9. The van der Waals surface area contributed by atoms with Crippen molar-refractivity contribution in [3.05, 3.63) is 29.8 Å². The molecular formula is C18H28N2O. The number of fused-ring (bicyclic) bond motifs is 1. The summed E-state index contributed by atoms with van der Waals surface area (Å²) in [5.74, 6) is 0.669. The third kappa shape index (κ3) is 2.95. The molecule has 2 unspecified atom stereocenters. The van der Waals surface area contributed by atoms with Crippen LogP contribution in [0, 0.1) is 5.92 Å². The molecule has 2 aliphatic rings. The molecule has 2 heterocycles. The second-order valence-electron chi connectivity index (χ2n) is 6.82. The number of methoxy groups -OCH3 is 1. The molecule has 0 aliphatic carbocycles. The van der Waals surface area contributed by atoms with Gasteiger partial charge in [-0.05, 0) is 31.4 Å². The third-order valence-corrected chi connectivity index (χ3v) is 5.10. The molecule has 3 rings (SSSR count). The Bertz CT molecular complexity index is 474. The highest BCUT2D eigenvalue weighted by Crippen LogP contribution is 2.33. The maximum Gasteiger partial charge on any atom is 0.0733 e. The van der Waals surface area contributed by atoms with Crippen molar-refractivity contribution in [2.24, 2.45) is 5.92 Å². The Morgan fingerprint density at radius 3 is 2.81 bits per heavy atom. The zero-order valence-electron chi connectivity index (χ0n) is 13.6. The zero-order chi connectivity index (χ0) is 14.8. The SMILES string of the molecule is COCc1ccccc1N1CC2CCCN2CC1C(C)C. The number of rotatable bonds is 4. The van der Waals surface area contributed by atoms with Crippen LogP contribution in [0.3, 0.4) is 0 Å². The molecule has 3 nitrogen and oxygen atoms in total. The van der Waals surface area contributed by atoms with Gasteiger partial charge in [0.25, 0.3) is 0 Å². The van der Waals surface area contributed by atoms with E-state index in [-0.39, 0.29) is 0 Å². The number of anilines is 1. The largest absolute Gasteiger partial charge is 0.380 e. The predicted molar refractivity (Wildman–Crippen MR) is 87.7 cm³/mol. The van der Waals surface area contributed by atoms with Gasteiger partial charge in [-0.2, -0.15) is 0 Å². The second-order valence-corrected chi connectivity index (χ2v) is 6.82. The Labute approximate surface area is 128 Å². The van der Waals surface area contributed by atoms with Crippen molar-refractivity contribution in [1.29, 1.82) is 0 Å². The molecule has 0 saturated carbocycles. The van der Waals surface area contributed by atoms with Crippen LogP contribution >= 0.6 is 0 Å². The average molecular weight is 288 g/mol. The van der Waals surface area contributed by atoms with E-state index in [1.807, 2.05) is 0 Å². The molecule has 3 heteroatoms. The fourth-order valence-corrected chi connectivity index (χ4v) is 3.96. The Morgan fingerprint density at radius 2 is 2.05 bits per heavy atom. The topological polar surface area (TPSA) is 15.7 Å². The molecular weight excluding hydrogens is 260 g/mol. The lowest BCUT2D eigenvalue weighted by Crippen LogP contribution is -2.58. The predicted octanol–water partition coefficient (Wildman–Crippen LogP) is 3.14. The highest BCUT2D eigenvalue weighted by molar-refractivity contribution is 5.55. The fraction of sp³-hybridized carbons (Fsp3) is 0.667. The molecule has 1 aromatic rings. The van der Waals surface area contributed by atoms with Gasteiger partial charge in [0, 0.05) is 43.5 Å². The first-order valence-electron chi connectivity index (χ1n) is 8.28. The summed E-state index contributed by atoms with van der Waals surface area (Å²) in [5, 5.41) is 0. The van der Waals surface area contributed by atoms with E-state index in [0.29, 0.717) is 18.6 Å². The molecule has 2 fully saturated rings. The normalized spacial score (nSPS) is 26.4. The number of piperazine rings is 1. The van der Waals surface area contributed by atoms with Crippen LogP contribution in [0.4, 0.5) is 5.69 Å². The number of ether oxygens (including phenoxy) is 1. The molecule has 0 aromatic heterocycles. The van der Waals surface area contributed by atoms with Gasteiger partial charge in [-0.1, -0.05) is 32.0 Å². The Kier molecular flexibility index (Phi) is 4.51. The van der Waals surface area contributed by atoms with E-state index in [2.05, 4.69) is 47.9 Å². The highest BCUT2D eigenvalue weighted by atomic mass is 16.5. The molecule has 0 spiro atoms. The first-order chi connectivity index (χ1) is 10.2. The molecule has 0 radical (unpaired) electrons. The van der Waals surface area contributed by atoms with Crippen LogP contribution in [0.2, 0.25) is 0 Å². The van der Waals surface area contributed by atoms with Crippen molar-refractivity contribution in [2.75, 3.05) is 31.6 Å². The van der Waals surface area contributed by atoms with E-state index in [4.69, 9.17) is 4.74 Å². The standard InChI is InChI=1S/C18H28N2O/c1-14(2)18-12-19-10-6-8-16(19)11-20(18)17-9-5-4-7-15(17)13-21-3/h4-5,7,9,14,16,18H,6,8,10-13H2,1-3H3. The second kappa shape index (κ2) is 6.37. The number of para-hydroxylation sites is 1.